The second-order valence-electron chi connectivity index (χ2n) is 6.18. The van der Waals surface area contributed by atoms with Gasteiger partial charge in [0, 0.05) is 51.0 Å². The molecule has 0 aliphatic carbocycles. The first-order valence-corrected chi connectivity index (χ1v) is 7.99. The van der Waals surface area contributed by atoms with E-state index in [4.69, 9.17) is 4.52 Å². The van der Waals surface area contributed by atoms with E-state index in [1.54, 1.807) is 0 Å². The van der Waals surface area contributed by atoms with Gasteiger partial charge in [0.2, 0.25) is 0 Å². The predicted octanol–water partition coefficient (Wildman–Crippen LogP) is 1.53. The summed E-state index contributed by atoms with van der Waals surface area (Å²) in [5, 5.41) is 3.83. The monoisotopic (exact) mass is 317 g/mol. The molecule has 0 unspecified atom stereocenters. The van der Waals surface area contributed by atoms with Gasteiger partial charge in [0.25, 0.3) is 0 Å². The molecule has 0 radical (unpaired) electrons. The van der Waals surface area contributed by atoms with Crippen molar-refractivity contribution in [1.29, 1.82) is 0 Å². The number of benzene rings is 1. The van der Waals surface area contributed by atoms with Crippen LogP contribution in [0.25, 0.3) is 0 Å². The van der Waals surface area contributed by atoms with Gasteiger partial charge in [0.15, 0.2) is 5.82 Å². The molecular weight excluding hydrogens is 297 g/mol. The molecule has 2 aliphatic rings. The molecule has 0 atom stereocenters. The number of hydrogen-bond acceptors (Lipinski definition) is 6. The lowest BCUT2D eigenvalue weighted by molar-refractivity contribution is 0.152. The Kier molecular flexibility index (Phi) is 3.65. The number of anilines is 2. The summed E-state index contributed by atoms with van der Waals surface area (Å²) in [5.41, 5.74) is 1.10. The molecule has 3 heterocycles. The normalized spacial score (nSPS) is 19.9. The Balaban J connectivity index is 1.28. The summed E-state index contributed by atoms with van der Waals surface area (Å²) in [6, 6.07) is 7.94. The van der Waals surface area contributed by atoms with Gasteiger partial charge in [0.1, 0.15) is 5.82 Å². The Bertz CT molecular complexity index is 659. The van der Waals surface area contributed by atoms with Crippen LogP contribution < -0.4 is 9.80 Å². The second kappa shape index (κ2) is 5.81. The Morgan fingerprint density at radius 2 is 1.74 bits per heavy atom. The van der Waals surface area contributed by atoms with Crippen LogP contribution in [-0.4, -0.2) is 60.4 Å². The summed E-state index contributed by atoms with van der Waals surface area (Å²) in [4.78, 5) is 11.2. The Morgan fingerprint density at radius 3 is 2.35 bits per heavy atom. The van der Waals surface area contributed by atoms with Crippen LogP contribution in [0.3, 0.4) is 0 Å². The minimum Gasteiger partial charge on any atom is -0.369 e. The zero-order chi connectivity index (χ0) is 15.8. The molecule has 2 saturated heterocycles. The van der Waals surface area contributed by atoms with Crippen molar-refractivity contribution in [2.45, 2.75) is 13.0 Å². The first kappa shape index (κ1) is 14.4. The molecule has 4 rings (SSSR count). The average Bonchev–Trinajstić information content (AvgIpc) is 2.94. The van der Waals surface area contributed by atoms with Crippen LogP contribution in [0.5, 0.6) is 0 Å². The molecule has 2 aromatic rings. The summed E-state index contributed by atoms with van der Waals surface area (Å²) in [6.07, 6.45) is 0. The third-order valence-electron chi connectivity index (χ3n) is 4.67. The number of rotatable bonds is 3. The lowest BCUT2D eigenvalue weighted by Gasteiger charge is -2.47. The summed E-state index contributed by atoms with van der Waals surface area (Å²) in [5.74, 6) is 0.495. The van der Waals surface area contributed by atoms with Crippen LogP contribution in [0.15, 0.2) is 28.8 Å². The third kappa shape index (κ3) is 2.88. The van der Waals surface area contributed by atoms with Crippen molar-refractivity contribution in [1.82, 2.24) is 15.0 Å². The number of nitrogens with zero attached hydrogens (tertiary/aromatic N) is 5. The minimum atomic E-state index is -0.182. The predicted molar refractivity (Wildman–Crippen MR) is 85.2 cm³/mol. The highest BCUT2D eigenvalue weighted by Crippen LogP contribution is 2.24. The van der Waals surface area contributed by atoms with Crippen molar-refractivity contribution in [2.24, 2.45) is 0 Å². The first-order valence-electron chi connectivity index (χ1n) is 7.99. The van der Waals surface area contributed by atoms with Crippen molar-refractivity contribution in [3.05, 3.63) is 35.9 Å². The van der Waals surface area contributed by atoms with E-state index in [9.17, 15) is 4.39 Å². The van der Waals surface area contributed by atoms with E-state index in [1.165, 1.54) is 12.1 Å². The summed E-state index contributed by atoms with van der Waals surface area (Å²) < 4.78 is 18.2. The zero-order valence-corrected chi connectivity index (χ0v) is 13.2. The van der Waals surface area contributed by atoms with Crippen LogP contribution >= 0.6 is 0 Å². The van der Waals surface area contributed by atoms with Gasteiger partial charge < -0.3 is 14.3 Å². The highest BCUT2D eigenvalue weighted by molar-refractivity contribution is 5.46. The molecular formula is C16H20FN5O. The fraction of sp³-hybridized carbons (Fsp3) is 0.500. The number of aromatic nitrogens is 2. The molecule has 0 bridgehead atoms. The molecule has 0 N–H and O–H groups in total. The fourth-order valence-corrected chi connectivity index (χ4v) is 3.25. The Hall–Kier alpha value is -2.15. The summed E-state index contributed by atoms with van der Waals surface area (Å²) in [7, 11) is 0. The molecule has 0 spiro atoms. The van der Waals surface area contributed by atoms with Gasteiger partial charge >= 0.3 is 6.01 Å². The van der Waals surface area contributed by atoms with E-state index in [0.717, 1.165) is 45.0 Å². The maximum atomic E-state index is 13.0. The summed E-state index contributed by atoms with van der Waals surface area (Å²) >= 11 is 0. The largest absolute Gasteiger partial charge is 0.369 e. The van der Waals surface area contributed by atoms with Crippen molar-refractivity contribution < 1.29 is 8.91 Å². The molecule has 122 valence electrons. The van der Waals surface area contributed by atoms with E-state index >= 15 is 0 Å². The van der Waals surface area contributed by atoms with Crippen LogP contribution in [0.1, 0.15) is 5.82 Å². The highest BCUT2D eigenvalue weighted by Gasteiger charge is 2.35. The molecule has 0 amide bonds. The smallest absolute Gasteiger partial charge is 0.324 e. The molecule has 2 aliphatic heterocycles. The molecule has 0 saturated carbocycles. The molecule has 2 fully saturated rings. The van der Waals surface area contributed by atoms with E-state index < -0.39 is 0 Å². The molecule has 23 heavy (non-hydrogen) atoms. The van der Waals surface area contributed by atoms with Crippen LogP contribution in [0.2, 0.25) is 0 Å². The Labute approximate surface area is 134 Å². The maximum absolute atomic E-state index is 13.0. The van der Waals surface area contributed by atoms with E-state index in [0.29, 0.717) is 17.9 Å². The first-order chi connectivity index (χ1) is 11.2. The Morgan fingerprint density at radius 1 is 1.04 bits per heavy atom. The zero-order valence-electron chi connectivity index (χ0n) is 13.2. The number of aryl methyl sites for hydroxylation is 1. The lowest BCUT2D eigenvalue weighted by Crippen LogP contribution is -2.63. The molecule has 7 heteroatoms. The molecule has 1 aromatic carbocycles. The van der Waals surface area contributed by atoms with Crippen molar-refractivity contribution >= 4 is 11.7 Å². The fourth-order valence-electron chi connectivity index (χ4n) is 3.25. The second-order valence-corrected chi connectivity index (χ2v) is 6.18. The van der Waals surface area contributed by atoms with Gasteiger partial charge in [-0.25, -0.2) is 4.39 Å². The minimum absolute atomic E-state index is 0.182. The van der Waals surface area contributed by atoms with Gasteiger partial charge in [-0.05, 0) is 31.2 Å². The van der Waals surface area contributed by atoms with E-state index in [1.807, 2.05) is 19.1 Å². The molecule has 6 nitrogen and oxygen atoms in total. The van der Waals surface area contributed by atoms with E-state index in [2.05, 4.69) is 24.8 Å². The van der Waals surface area contributed by atoms with Crippen molar-refractivity contribution in [2.75, 3.05) is 49.1 Å². The van der Waals surface area contributed by atoms with Crippen molar-refractivity contribution in [3.63, 3.8) is 0 Å². The summed E-state index contributed by atoms with van der Waals surface area (Å²) in [6.45, 7) is 7.72. The van der Waals surface area contributed by atoms with Gasteiger partial charge in [-0.2, -0.15) is 4.98 Å². The quantitative estimate of drug-likeness (QED) is 0.856. The van der Waals surface area contributed by atoms with Gasteiger partial charge in [0.05, 0.1) is 0 Å². The average molecular weight is 317 g/mol. The van der Waals surface area contributed by atoms with Crippen LogP contribution in [-0.2, 0) is 0 Å². The SMILES string of the molecule is Cc1noc(N2CC(N3CCN(c4ccc(F)cc4)CC3)C2)n1. The van der Waals surface area contributed by atoms with Gasteiger partial charge in [-0.1, -0.05) is 5.16 Å². The highest BCUT2D eigenvalue weighted by atomic mass is 19.1. The van der Waals surface area contributed by atoms with Crippen LogP contribution in [0, 0.1) is 12.7 Å². The van der Waals surface area contributed by atoms with E-state index in [-0.39, 0.29) is 5.82 Å². The number of halogens is 1. The van der Waals surface area contributed by atoms with Crippen LogP contribution in [0.4, 0.5) is 16.1 Å². The van der Waals surface area contributed by atoms with Crippen molar-refractivity contribution in [3.8, 4) is 0 Å². The standard InChI is InChI=1S/C16H20FN5O/c1-12-18-16(23-19-12)22-10-15(11-22)21-8-6-20(7-9-21)14-4-2-13(17)3-5-14/h2-5,15H,6-11H2,1H3. The lowest BCUT2D eigenvalue weighted by atomic mass is 10.1. The van der Waals surface area contributed by atoms with Gasteiger partial charge in [-0.3, -0.25) is 4.90 Å². The topological polar surface area (TPSA) is 48.6 Å². The number of piperazine rings is 1. The maximum Gasteiger partial charge on any atom is 0.324 e. The third-order valence-corrected chi connectivity index (χ3v) is 4.67. The number of hydrogen-bond donors (Lipinski definition) is 0. The molecule has 1 aromatic heterocycles. The van der Waals surface area contributed by atoms with Gasteiger partial charge in [-0.15, -0.1) is 0 Å².